The average Bonchev–Trinajstić information content (AvgIpc) is 2.99. The van der Waals surface area contributed by atoms with Gasteiger partial charge in [-0.1, -0.05) is 72.8 Å². The van der Waals surface area contributed by atoms with Gasteiger partial charge in [-0.25, -0.2) is 9.59 Å². The Kier molecular flexibility index (Phi) is 12.3. The van der Waals surface area contributed by atoms with Crippen LogP contribution in [0.5, 0.6) is 5.75 Å². The molecule has 0 aliphatic heterocycles. The van der Waals surface area contributed by atoms with Gasteiger partial charge < -0.3 is 9.47 Å². The van der Waals surface area contributed by atoms with Crippen LogP contribution >= 0.6 is 12.4 Å². The van der Waals surface area contributed by atoms with Gasteiger partial charge in [0.15, 0.2) is 0 Å². The lowest BCUT2D eigenvalue weighted by Crippen LogP contribution is -2.38. The standard InChI is InChI=1S/C36H39NO4.ClH/c1-26(2)37(27(3)4)23-22-32(29-14-8-5-9-15-29)33-24-28(25-40-35(38)30-16-10-6-11-17-30)20-21-34(33)41-36(39)31-18-12-7-13-19-31;/h5-21,24,26-27,32H,22-23,25H2,1-4H3;1H. The lowest BCUT2D eigenvalue weighted by molar-refractivity contribution is 0.0472. The molecule has 0 amide bonds. The molecule has 4 aromatic carbocycles. The number of ether oxygens (including phenoxy) is 2. The second-order valence-electron chi connectivity index (χ2n) is 10.7. The Bertz CT molecular complexity index is 1400. The van der Waals surface area contributed by atoms with Gasteiger partial charge in [0.2, 0.25) is 0 Å². The van der Waals surface area contributed by atoms with Crippen LogP contribution in [0.25, 0.3) is 0 Å². The fourth-order valence-electron chi connectivity index (χ4n) is 5.17. The fourth-order valence-corrected chi connectivity index (χ4v) is 5.17. The van der Waals surface area contributed by atoms with E-state index in [2.05, 4.69) is 44.7 Å². The minimum atomic E-state index is -0.409. The smallest absolute Gasteiger partial charge is 0.343 e. The highest BCUT2D eigenvalue weighted by Gasteiger charge is 2.24. The van der Waals surface area contributed by atoms with E-state index >= 15 is 0 Å². The van der Waals surface area contributed by atoms with E-state index in [-0.39, 0.29) is 30.9 Å². The minimum absolute atomic E-state index is 0. The zero-order chi connectivity index (χ0) is 29.2. The molecular formula is C36H40ClNO4. The van der Waals surface area contributed by atoms with Gasteiger partial charge >= 0.3 is 11.9 Å². The molecule has 0 aliphatic carbocycles. The molecule has 1 unspecified atom stereocenters. The summed E-state index contributed by atoms with van der Waals surface area (Å²) < 4.78 is 11.7. The van der Waals surface area contributed by atoms with E-state index < -0.39 is 5.97 Å². The highest BCUT2D eigenvalue weighted by Crippen LogP contribution is 2.36. The molecule has 1 atom stereocenters. The number of carbonyl (C=O) groups excluding carboxylic acids is 2. The number of benzene rings is 4. The Morgan fingerprint density at radius 2 is 1.21 bits per heavy atom. The van der Waals surface area contributed by atoms with E-state index in [0.29, 0.717) is 29.0 Å². The lowest BCUT2D eigenvalue weighted by atomic mass is 9.86. The summed E-state index contributed by atoms with van der Waals surface area (Å²) in [5.74, 6) is -0.324. The molecule has 0 saturated carbocycles. The number of carbonyl (C=O) groups is 2. The van der Waals surface area contributed by atoms with Crippen LogP contribution in [0.2, 0.25) is 0 Å². The molecule has 0 heterocycles. The van der Waals surface area contributed by atoms with E-state index in [4.69, 9.17) is 9.47 Å². The Balaban J connectivity index is 0.00000484. The summed E-state index contributed by atoms with van der Waals surface area (Å²) in [5, 5.41) is 0. The van der Waals surface area contributed by atoms with E-state index in [1.807, 2.05) is 72.8 Å². The molecule has 0 aromatic heterocycles. The Labute approximate surface area is 255 Å². The van der Waals surface area contributed by atoms with E-state index in [1.54, 1.807) is 24.3 Å². The maximum absolute atomic E-state index is 13.1. The van der Waals surface area contributed by atoms with Crippen LogP contribution < -0.4 is 4.74 Å². The third-order valence-corrected chi connectivity index (χ3v) is 7.25. The van der Waals surface area contributed by atoms with Gasteiger partial charge in [0, 0.05) is 23.6 Å². The molecule has 42 heavy (non-hydrogen) atoms. The summed E-state index contributed by atoms with van der Waals surface area (Å²) in [6.07, 6.45) is 0.823. The summed E-state index contributed by atoms with van der Waals surface area (Å²) in [6, 6.07) is 34.7. The Hall–Kier alpha value is -3.93. The Morgan fingerprint density at radius 1 is 0.690 bits per heavy atom. The van der Waals surface area contributed by atoms with Gasteiger partial charge in [0.1, 0.15) is 12.4 Å². The predicted molar refractivity (Wildman–Crippen MR) is 171 cm³/mol. The normalized spacial score (nSPS) is 11.7. The topological polar surface area (TPSA) is 55.8 Å². The first-order valence-electron chi connectivity index (χ1n) is 14.3. The molecule has 0 spiro atoms. The Morgan fingerprint density at radius 3 is 1.76 bits per heavy atom. The van der Waals surface area contributed by atoms with Crippen LogP contribution in [0.1, 0.15) is 77.4 Å². The zero-order valence-corrected chi connectivity index (χ0v) is 25.6. The third kappa shape index (κ3) is 8.78. The fraction of sp³-hybridized carbons (Fsp3) is 0.278. The largest absolute Gasteiger partial charge is 0.457 e. The number of hydrogen-bond donors (Lipinski definition) is 0. The average molecular weight is 586 g/mol. The minimum Gasteiger partial charge on any atom is -0.457 e. The van der Waals surface area contributed by atoms with Crippen molar-refractivity contribution < 1.29 is 19.1 Å². The maximum Gasteiger partial charge on any atom is 0.343 e. The number of hydrogen-bond acceptors (Lipinski definition) is 5. The van der Waals surface area contributed by atoms with Crippen molar-refractivity contribution in [2.75, 3.05) is 6.54 Å². The van der Waals surface area contributed by atoms with Crippen molar-refractivity contribution in [2.45, 2.75) is 58.7 Å². The van der Waals surface area contributed by atoms with Crippen LogP contribution in [0.4, 0.5) is 0 Å². The number of halogens is 1. The highest BCUT2D eigenvalue weighted by molar-refractivity contribution is 5.91. The summed E-state index contributed by atoms with van der Waals surface area (Å²) in [6.45, 7) is 9.84. The van der Waals surface area contributed by atoms with Crippen molar-refractivity contribution in [1.29, 1.82) is 0 Å². The molecule has 4 aromatic rings. The molecule has 0 radical (unpaired) electrons. The van der Waals surface area contributed by atoms with Gasteiger partial charge in [-0.05, 0) is 88.2 Å². The quantitative estimate of drug-likeness (QED) is 0.124. The van der Waals surface area contributed by atoms with Crippen LogP contribution in [-0.2, 0) is 11.3 Å². The van der Waals surface area contributed by atoms with Crippen molar-refractivity contribution in [3.63, 3.8) is 0 Å². The van der Waals surface area contributed by atoms with Crippen LogP contribution in [0.3, 0.4) is 0 Å². The van der Waals surface area contributed by atoms with Crippen molar-refractivity contribution in [2.24, 2.45) is 0 Å². The summed E-state index contributed by atoms with van der Waals surface area (Å²) in [5.41, 5.74) is 3.85. The number of rotatable bonds is 12. The van der Waals surface area contributed by atoms with Gasteiger partial charge in [-0.2, -0.15) is 0 Å². The first kappa shape index (κ1) is 32.6. The van der Waals surface area contributed by atoms with E-state index in [9.17, 15) is 9.59 Å². The first-order chi connectivity index (χ1) is 19.8. The second-order valence-corrected chi connectivity index (χ2v) is 10.7. The molecule has 4 rings (SSSR count). The van der Waals surface area contributed by atoms with E-state index in [1.165, 1.54) is 0 Å². The van der Waals surface area contributed by atoms with Gasteiger partial charge in [0.05, 0.1) is 11.1 Å². The van der Waals surface area contributed by atoms with Crippen molar-refractivity contribution >= 4 is 24.3 Å². The second kappa shape index (κ2) is 15.9. The number of nitrogens with zero attached hydrogens (tertiary/aromatic N) is 1. The van der Waals surface area contributed by atoms with Gasteiger partial charge in [-0.15, -0.1) is 12.4 Å². The van der Waals surface area contributed by atoms with Crippen LogP contribution in [0.15, 0.2) is 109 Å². The van der Waals surface area contributed by atoms with Crippen LogP contribution in [-0.4, -0.2) is 35.5 Å². The molecule has 6 heteroatoms. The monoisotopic (exact) mass is 585 g/mol. The summed E-state index contributed by atoms with van der Waals surface area (Å²) in [7, 11) is 0. The SMILES string of the molecule is CC(C)N(CCC(c1ccccc1)c1cc(COC(=O)c2ccccc2)ccc1OC(=O)c1ccccc1)C(C)C.Cl. The van der Waals surface area contributed by atoms with Crippen molar-refractivity contribution in [3.8, 4) is 5.75 Å². The van der Waals surface area contributed by atoms with Crippen molar-refractivity contribution in [3.05, 3.63) is 137 Å². The molecule has 0 saturated heterocycles. The van der Waals surface area contributed by atoms with Gasteiger partial charge in [0.25, 0.3) is 0 Å². The molecule has 5 nitrogen and oxygen atoms in total. The first-order valence-corrected chi connectivity index (χ1v) is 14.3. The molecular weight excluding hydrogens is 546 g/mol. The summed E-state index contributed by atoms with van der Waals surface area (Å²) in [4.78, 5) is 28.2. The molecule has 0 aliphatic rings. The lowest BCUT2D eigenvalue weighted by Gasteiger charge is -2.32. The number of esters is 2. The molecule has 0 bridgehead atoms. The van der Waals surface area contributed by atoms with Crippen molar-refractivity contribution in [1.82, 2.24) is 4.90 Å². The third-order valence-electron chi connectivity index (χ3n) is 7.25. The van der Waals surface area contributed by atoms with Crippen LogP contribution in [0, 0.1) is 0 Å². The molecule has 0 N–H and O–H groups in total. The van der Waals surface area contributed by atoms with E-state index in [0.717, 1.165) is 29.7 Å². The van der Waals surface area contributed by atoms with Gasteiger partial charge in [-0.3, -0.25) is 4.90 Å². The maximum atomic E-state index is 13.1. The molecule has 0 fully saturated rings. The zero-order valence-electron chi connectivity index (χ0n) is 24.7. The predicted octanol–water partition coefficient (Wildman–Crippen LogP) is 8.33. The molecule has 220 valence electrons. The summed E-state index contributed by atoms with van der Waals surface area (Å²) >= 11 is 0. The highest BCUT2D eigenvalue weighted by atomic mass is 35.5.